The fraction of sp³-hybridized carbons (Fsp3) is 0. The molecule has 2 aromatic heterocycles. The lowest BCUT2D eigenvalue weighted by Crippen LogP contribution is -2.15. The molecule has 0 amide bonds. The highest BCUT2D eigenvalue weighted by Gasteiger charge is 2.21. The van der Waals surface area contributed by atoms with Crippen molar-refractivity contribution < 1.29 is 17.2 Å². The molecule has 0 saturated carbocycles. The molecule has 4 rings (SSSR count). The number of hydrogen-bond acceptors (Lipinski definition) is 6. The lowest BCUT2D eigenvalue weighted by atomic mass is 10.1. The van der Waals surface area contributed by atoms with Gasteiger partial charge in [-0.3, -0.25) is 9.82 Å². The molecular formula is C19H14F2N6O2S. The predicted octanol–water partition coefficient (Wildman–Crippen LogP) is 3.19. The highest BCUT2D eigenvalue weighted by Crippen LogP contribution is 2.31. The van der Waals surface area contributed by atoms with Crippen molar-refractivity contribution in [1.29, 1.82) is 0 Å². The zero-order chi connectivity index (χ0) is 21.3. The van der Waals surface area contributed by atoms with Gasteiger partial charge >= 0.3 is 0 Å². The van der Waals surface area contributed by atoms with E-state index in [0.717, 1.165) is 12.1 Å². The summed E-state index contributed by atoms with van der Waals surface area (Å²) in [6.45, 7) is 0. The number of nitrogen functional groups attached to an aromatic ring is 1. The molecule has 11 heteroatoms. The average molecular weight is 428 g/mol. The van der Waals surface area contributed by atoms with E-state index in [-0.39, 0.29) is 11.6 Å². The maximum Gasteiger partial charge on any atom is 0.264 e. The number of nitrogens with zero attached hydrogens (tertiary/aromatic N) is 3. The van der Waals surface area contributed by atoms with Crippen LogP contribution >= 0.6 is 0 Å². The smallest absolute Gasteiger partial charge is 0.264 e. The number of H-pyrrole nitrogens is 1. The zero-order valence-electron chi connectivity index (χ0n) is 15.2. The molecule has 8 nitrogen and oxygen atoms in total. The van der Waals surface area contributed by atoms with Crippen molar-refractivity contribution in [2.45, 2.75) is 4.90 Å². The summed E-state index contributed by atoms with van der Waals surface area (Å²) in [7, 11) is -4.35. The molecule has 0 saturated heterocycles. The summed E-state index contributed by atoms with van der Waals surface area (Å²) in [5, 5.41) is 6.94. The zero-order valence-corrected chi connectivity index (χ0v) is 16.0. The van der Waals surface area contributed by atoms with E-state index in [2.05, 4.69) is 24.9 Å². The normalized spacial score (nSPS) is 11.4. The summed E-state index contributed by atoms with van der Waals surface area (Å²) in [6, 6.07) is 10.2. The van der Waals surface area contributed by atoms with Crippen molar-refractivity contribution in [2.75, 3.05) is 10.5 Å². The van der Waals surface area contributed by atoms with E-state index in [0.29, 0.717) is 28.6 Å². The van der Waals surface area contributed by atoms with Gasteiger partial charge in [-0.25, -0.2) is 27.2 Å². The van der Waals surface area contributed by atoms with E-state index in [9.17, 15) is 17.2 Å². The third kappa shape index (κ3) is 3.82. The van der Waals surface area contributed by atoms with Crippen LogP contribution in [0.15, 0.2) is 65.8 Å². The summed E-state index contributed by atoms with van der Waals surface area (Å²) in [5.74, 6) is -1.83. The molecule has 0 aliphatic carbocycles. The lowest BCUT2D eigenvalue weighted by molar-refractivity contribution is 0.555. The molecular weight excluding hydrogens is 414 g/mol. The fourth-order valence-electron chi connectivity index (χ4n) is 2.85. The van der Waals surface area contributed by atoms with Crippen LogP contribution in [0, 0.1) is 11.6 Å². The Morgan fingerprint density at radius 2 is 1.90 bits per heavy atom. The highest BCUT2D eigenvalue weighted by atomic mass is 32.2. The highest BCUT2D eigenvalue weighted by molar-refractivity contribution is 7.92. The van der Waals surface area contributed by atoms with Crippen LogP contribution in [0.2, 0.25) is 0 Å². The Hall–Kier alpha value is -3.86. The predicted molar refractivity (Wildman–Crippen MR) is 107 cm³/mol. The topological polar surface area (TPSA) is 127 Å². The minimum Gasteiger partial charge on any atom is -0.368 e. The molecule has 0 unspecified atom stereocenters. The molecule has 0 bridgehead atoms. The van der Waals surface area contributed by atoms with E-state index < -0.39 is 26.6 Å². The number of sulfonamides is 1. The van der Waals surface area contributed by atoms with Crippen molar-refractivity contribution in [1.82, 2.24) is 20.2 Å². The monoisotopic (exact) mass is 428 g/mol. The van der Waals surface area contributed by atoms with Gasteiger partial charge in [0, 0.05) is 29.2 Å². The van der Waals surface area contributed by atoms with E-state index in [1.807, 2.05) is 0 Å². The first-order valence-corrected chi connectivity index (χ1v) is 10.0. The maximum absolute atomic E-state index is 13.9. The Balaban J connectivity index is 1.70. The molecule has 4 N–H and O–H groups in total. The number of halogens is 2. The largest absolute Gasteiger partial charge is 0.368 e. The van der Waals surface area contributed by atoms with Gasteiger partial charge in [-0.1, -0.05) is 12.1 Å². The molecule has 0 radical (unpaired) electrons. The number of aromatic nitrogens is 4. The van der Waals surface area contributed by atoms with Crippen molar-refractivity contribution in [3.8, 4) is 22.5 Å². The molecule has 2 aromatic carbocycles. The molecule has 0 aliphatic rings. The van der Waals surface area contributed by atoms with Gasteiger partial charge in [0.15, 0.2) is 0 Å². The summed E-state index contributed by atoms with van der Waals surface area (Å²) in [4.78, 5) is 7.22. The Labute approximate surface area is 169 Å². The second-order valence-corrected chi connectivity index (χ2v) is 7.86. The van der Waals surface area contributed by atoms with Crippen LogP contribution < -0.4 is 10.5 Å². The lowest BCUT2D eigenvalue weighted by Gasteiger charge is -2.10. The van der Waals surface area contributed by atoms with Crippen LogP contribution in [-0.4, -0.2) is 28.6 Å². The molecule has 2 heterocycles. The van der Waals surface area contributed by atoms with Crippen LogP contribution in [0.3, 0.4) is 0 Å². The summed E-state index contributed by atoms with van der Waals surface area (Å²) in [5.41, 5.74) is 7.99. The first-order valence-electron chi connectivity index (χ1n) is 8.54. The van der Waals surface area contributed by atoms with Gasteiger partial charge in [0.25, 0.3) is 10.0 Å². The quantitative estimate of drug-likeness (QED) is 0.448. The van der Waals surface area contributed by atoms with Gasteiger partial charge in [-0.15, -0.1) is 0 Å². The first-order chi connectivity index (χ1) is 14.3. The molecule has 4 aromatic rings. The standard InChI is InChI=1S/C19H14F2N6O2S/c20-12-4-5-15(21)17(9-12)30(28,29)27-13-3-1-2-11(8-13)18-14(10-24-26-18)16-6-7-23-19(22)25-16/h1-10,27H,(H,24,26)(H2,22,23,25). The summed E-state index contributed by atoms with van der Waals surface area (Å²) >= 11 is 0. The van der Waals surface area contributed by atoms with Crippen molar-refractivity contribution >= 4 is 21.7 Å². The van der Waals surface area contributed by atoms with E-state index in [4.69, 9.17) is 5.73 Å². The first kappa shape index (κ1) is 19.5. The number of hydrogen-bond donors (Lipinski definition) is 3. The Morgan fingerprint density at radius 3 is 2.70 bits per heavy atom. The number of rotatable bonds is 5. The van der Waals surface area contributed by atoms with Crippen LogP contribution in [-0.2, 0) is 10.0 Å². The number of nitrogens with one attached hydrogen (secondary N) is 2. The van der Waals surface area contributed by atoms with Crippen LogP contribution in [0.5, 0.6) is 0 Å². The van der Waals surface area contributed by atoms with Crippen LogP contribution in [0.4, 0.5) is 20.4 Å². The summed E-state index contributed by atoms with van der Waals surface area (Å²) in [6.07, 6.45) is 3.13. The number of anilines is 2. The van der Waals surface area contributed by atoms with Gasteiger partial charge in [0.05, 0.1) is 5.69 Å². The van der Waals surface area contributed by atoms with Gasteiger partial charge in [-0.2, -0.15) is 5.10 Å². The van der Waals surface area contributed by atoms with Gasteiger partial charge in [0.1, 0.15) is 22.2 Å². The average Bonchev–Trinajstić information content (AvgIpc) is 3.19. The molecule has 0 atom stereocenters. The van der Waals surface area contributed by atoms with Crippen LogP contribution in [0.1, 0.15) is 0 Å². The number of aromatic amines is 1. The van der Waals surface area contributed by atoms with Crippen molar-refractivity contribution in [3.05, 3.63) is 72.6 Å². The minimum atomic E-state index is -4.35. The molecule has 0 fully saturated rings. The second-order valence-electron chi connectivity index (χ2n) is 6.21. The molecule has 152 valence electrons. The maximum atomic E-state index is 13.9. The Bertz CT molecular complexity index is 1340. The molecule has 30 heavy (non-hydrogen) atoms. The van der Waals surface area contributed by atoms with Crippen molar-refractivity contribution in [3.63, 3.8) is 0 Å². The third-order valence-corrected chi connectivity index (χ3v) is 5.56. The molecule has 0 aliphatic heterocycles. The van der Waals surface area contributed by atoms with Crippen molar-refractivity contribution in [2.24, 2.45) is 0 Å². The SMILES string of the molecule is Nc1nccc(-c2c[nH]nc2-c2cccc(NS(=O)(=O)c3cc(F)ccc3F)c2)n1. The molecule has 0 spiro atoms. The minimum absolute atomic E-state index is 0.0956. The summed E-state index contributed by atoms with van der Waals surface area (Å²) < 4.78 is 54.6. The van der Waals surface area contributed by atoms with Gasteiger partial charge in [0.2, 0.25) is 5.95 Å². The van der Waals surface area contributed by atoms with Gasteiger partial charge in [-0.05, 0) is 36.4 Å². The fourth-order valence-corrected chi connectivity index (χ4v) is 3.99. The Morgan fingerprint density at radius 1 is 1.07 bits per heavy atom. The third-order valence-electron chi connectivity index (χ3n) is 4.16. The van der Waals surface area contributed by atoms with E-state index in [1.54, 1.807) is 24.4 Å². The number of benzene rings is 2. The number of nitrogens with two attached hydrogens (primary N) is 1. The Kier molecular flexibility index (Phi) is 4.88. The van der Waals surface area contributed by atoms with E-state index >= 15 is 0 Å². The second kappa shape index (κ2) is 7.52. The van der Waals surface area contributed by atoms with E-state index in [1.165, 1.54) is 18.3 Å². The van der Waals surface area contributed by atoms with Gasteiger partial charge < -0.3 is 5.73 Å². The van der Waals surface area contributed by atoms with Crippen LogP contribution in [0.25, 0.3) is 22.5 Å².